The Hall–Kier alpha value is -4.31. The first-order chi connectivity index (χ1) is 18.5. The van der Waals surface area contributed by atoms with E-state index in [4.69, 9.17) is 4.98 Å². The normalized spacial score (nSPS) is 16.0. The van der Waals surface area contributed by atoms with E-state index in [1.54, 1.807) is 10.7 Å². The molecule has 6 rings (SSSR count). The molecule has 0 radical (unpaired) electrons. The fourth-order valence-electron chi connectivity index (χ4n) is 5.37. The summed E-state index contributed by atoms with van der Waals surface area (Å²) in [5.41, 5.74) is 3.79. The highest BCUT2D eigenvalue weighted by atomic mass is 19.1. The number of hydrogen-bond acceptors (Lipinski definition) is 6. The molecule has 1 fully saturated rings. The largest absolute Gasteiger partial charge is 0.477 e. The Balaban J connectivity index is 1.49. The van der Waals surface area contributed by atoms with E-state index in [2.05, 4.69) is 37.9 Å². The van der Waals surface area contributed by atoms with Gasteiger partial charge in [0.1, 0.15) is 23.7 Å². The van der Waals surface area contributed by atoms with Crippen LogP contribution in [-0.4, -0.2) is 73.5 Å². The third-order valence-corrected chi connectivity index (χ3v) is 7.24. The zero-order chi connectivity index (χ0) is 26.2. The Bertz CT molecular complexity index is 1610. The van der Waals surface area contributed by atoms with E-state index in [0.29, 0.717) is 18.8 Å². The first-order valence-corrected chi connectivity index (χ1v) is 12.6. The number of fused-ring (bicyclic) bond motifs is 2. The first kappa shape index (κ1) is 24.1. The lowest BCUT2D eigenvalue weighted by Crippen LogP contribution is -2.23. The Morgan fingerprint density at radius 2 is 2.03 bits per heavy atom. The van der Waals surface area contributed by atoms with Crippen LogP contribution in [0.5, 0.6) is 0 Å². The summed E-state index contributed by atoms with van der Waals surface area (Å²) in [4.78, 5) is 25.7. The molecule has 5 aromatic rings. The summed E-state index contributed by atoms with van der Waals surface area (Å²) in [5.74, 6) is -0.356. The Kier molecular flexibility index (Phi) is 6.24. The second kappa shape index (κ2) is 9.86. The van der Waals surface area contributed by atoms with E-state index >= 15 is 0 Å². The van der Waals surface area contributed by atoms with E-state index in [1.807, 2.05) is 48.3 Å². The maximum Gasteiger partial charge on any atom is 0.341 e. The number of aromatic nitrogens is 5. The fraction of sp³-hybridized carbons (Fsp3) is 0.286. The van der Waals surface area contributed by atoms with Gasteiger partial charge in [-0.05, 0) is 24.1 Å². The molecule has 1 N–H and O–H groups in total. The number of hydrogen-bond donors (Lipinski definition) is 1. The standard InChI is InChI=1S/C28H28FN7O2/c1-33(16-19-6-3-2-4-7-19)25-14-24(32-27-22(28(37)38)15-31-36(25)27)23-18-35(26-21(23)8-5-11-30-26)20-9-12-34(17-20)13-10-29/h2-8,11,14-15,18,20H,9-10,12-13,16-17H2,1H3,(H,37,38). The molecule has 38 heavy (non-hydrogen) atoms. The van der Waals surface area contributed by atoms with Gasteiger partial charge in [-0.25, -0.2) is 19.2 Å². The summed E-state index contributed by atoms with van der Waals surface area (Å²) in [6.45, 7) is 2.28. The number of halogens is 1. The highest BCUT2D eigenvalue weighted by molar-refractivity contribution is 5.97. The van der Waals surface area contributed by atoms with Crippen molar-refractivity contribution in [2.24, 2.45) is 0 Å². The predicted molar refractivity (Wildman–Crippen MR) is 143 cm³/mol. The predicted octanol–water partition coefficient (Wildman–Crippen LogP) is 4.30. The van der Waals surface area contributed by atoms with Crippen LogP contribution >= 0.6 is 0 Å². The van der Waals surface area contributed by atoms with Crippen LogP contribution in [0.3, 0.4) is 0 Å². The number of anilines is 1. The van der Waals surface area contributed by atoms with Gasteiger partial charge in [0.15, 0.2) is 5.65 Å². The summed E-state index contributed by atoms with van der Waals surface area (Å²) in [6.07, 6.45) is 6.07. The van der Waals surface area contributed by atoms with Gasteiger partial charge in [0.05, 0.1) is 11.9 Å². The van der Waals surface area contributed by atoms with Gasteiger partial charge in [-0.1, -0.05) is 30.3 Å². The molecule has 1 unspecified atom stereocenters. The number of alkyl halides is 1. The van der Waals surface area contributed by atoms with Crippen molar-refractivity contribution in [2.45, 2.75) is 19.0 Å². The molecule has 194 valence electrons. The molecule has 1 aliphatic rings. The lowest BCUT2D eigenvalue weighted by atomic mass is 10.1. The van der Waals surface area contributed by atoms with Gasteiger partial charge in [-0.15, -0.1) is 0 Å². The number of carboxylic acids is 1. The van der Waals surface area contributed by atoms with Crippen molar-refractivity contribution in [3.63, 3.8) is 0 Å². The second-order valence-electron chi connectivity index (χ2n) is 9.70. The molecule has 1 aromatic carbocycles. The van der Waals surface area contributed by atoms with Crippen LogP contribution in [0.1, 0.15) is 28.4 Å². The lowest BCUT2D eigenvalue weighted by molar-refractivity contribution is 0.0698. The first-order valence-electron chi connectivity index (χ1n) is 12.6. The van der Waals surface area contributed by atoms with E-state index in [0.717, 1.165) is 47.5 Å². The van der Waals surface area contributed by atoms with Gasteiger partial charge >= 0.3 is 5.97 Å². The number of carboxylic acid groups (broad SMARTS) is 1. The van der Waals surface area contributed by atoms with Gasteiger partial charge in [0.25, 0.3) is 0 Å². The maximum absolute atomic E-state index is 13.0. The molecule has 5 heterocycles. The van der Waals surface area contributed by atoms with Crippen molar-refractivity contribution in [2.75, 3.05) is 38.3 Å². The average Bonchev–Trinajstić information content (AvgIpc) is 3.66. The van der Waals surface area contributed by atoms with Crippen LogP contribution in [0, 0.1) is 0 Å². The van der Waals surface area contributed by atoms with Gasteiger partial charge in [0.2, 0.25) is 0 Å². The number of benzene rings is 1. The topological polar surface area (TPSA) is 91.8 Å². The number of rotatable bonds is 8. The maximum atomic E-state index is 13.0. The third-order valence-electron chi connectivity index (χ3n) is 7.24. The smallest absolute Gasteiger partial charge is 0.341 e. The number of aromatic carboxylic acids is 1. The van der Waals surface area contributed by atoms with E-state index < -0.39 is 5.97 Å². The SMILES string of the molecule is CN(Cc1ccccc1)c1cc(-c2cn(C3CCN(CCF)C3)c3ncccc23)nc2c(C(=O)O)cnn12. The molecule has 0 aliphatic carbocycles. The van der Waals surface area contributed by atoms with Crippen molar-refractivity contribution < 1.29 is 14.3 Å². The highest BCUT2D eigenvalue weighted by Crippen LogP contribution is 2.35. The zero-order valence-corrected chi connectivity index (χ0v) is 21.0. The molecule has 4 aromatic heterocycles. The second-order valence-corrected chi connectivity index (χ2v) is 9.70. The molecule has 1 saturated heterocycles. The highest BCUT2D eigenvalue weighted by Gasteiger charge is 2.27. The minimum Gasteiger partial charge on any atom is -0.477 e. The molecule has 0 saturated carbocycles. The van der Waals surface area contributed by atoms with Crippen molar-refractivity contribution in [3.05, 3.63) is 78.2 Å². The summed E-state index contributed by atoms with van der Waals surface area (Å²) in [6, 6.07) is 16.1. The average molecular weight is 514 g/mol. The van der Waals surface area contributed by atoms with Gasteiger partial charge in [-0.3, -0.25) is 4.90 Å². The van der Waals surface area contributed by atoms with Crippen LogP contribution < -0.4 is 4.90 Å². The fourth-order valence-corrected chi connectivity index (χ4v) is 5.37. The molecule has 0 amide bonds. The molecule has 0 bridgehead atoms. The summed E-state index contributed by atoms with van der Waals surface area (Å²) in [5, 5.41) is 15.1. The van der Waals surface area contributed by atoms with Crippen molar-refractivity contribution in [1.82, 2.24) is 29.0 Å². The number of carbonyl (C=O) groups is 1. The van der Waals surface area contributed by atoms with Crippen LogP contribution in [0.2, 0.25) is 0 Å². The Labute approximate surface area is 218 Å². The molecular formula is C28H28FN7O2. The zero-order valence-electron chi connectivity index (χ0n) is 21.0. The molecular weight excluding hydrogens is 485 g/mol. The van der Waals surface area contributed by atoms with Crippen molar-refractivity contribution >= 4 is 28.5 Å². The van der Waals surface area contributed by atoms with E-state index in [-0.39, 0.29) is 23.9 Å². The van der Waals surface area contributed by atoms with Crippen molar-refractivity contribution in [1.29, 1.82) is 0 Å². The summed E-state index contributed by atoms with van der Waals surface area (Å²) >= 11 is 0. The molecule has 10 heteroatoms. The van der Waals surface area contributed by atoms with Crippen LogP contribution in [0.4, 0.5) is 10.2 Å². The molecule has 0 spiro atoms. The van der Waals surface area contributed by atoms with Crippen LogP contribution in [-0.2, 0) is 6.54 Å². The van der Waals surface area contributed by atoms with Crippen molar-refractivity contribution in [3.8, 4) is 11.3 Å². The van der Waals surface area contributed by atoms with E-state index in [1.165, 1.54) is 6.20 Å². The van der Waals surface area contributed by atoms with Crippen LogP contribution in [0.25, 0.3) is 27.9 Å². The van der Waals surface area contributed by atoms with Crippen LogP contribution in [0.15, 0.2) is 67.1 Å². The summed E-state index contributed by atoms with van der Waals surface area (Å²) < 4.78 is 16.7. The monoisotopic (exact) mass is 513 g/mol. The molecule has 1 aliphatic heterocycles. The van der Waals surface area contributed by atoms with E-state index in [9.17, 15) is 14.3 Å². The van der Waals surface area contributed by atoms with Gasteiger partial charge in [-0.2, -0.15) is 9.61 Å². The number of likely N-dealkylation sites (tertiary alicyclic amines) is 1. The van der Waals surface area contributed by atoms with Gasteiger partial charge in [0, 0.05) is 68.7 Å². The quantitative estimate of drug-likeness (QED) is 0.331. The summed E-state index contributed by atoms with van der Waals surface area (Å²) in [7, 11) is 1.95. The minimum atomic E-state index is -1.08. The third kappa shape index (κ3) is 4.26. The van der Waals surface area contributed by atoms with Gasteiger partial charge < -0.3 is 14.6 Å². The minimum absolute atomic E-state index is 0.0423. The Morgan fingerprint density at radius 1 is 1.18 bits per heavy atom. The molecule has 1 atom stereocenters. The lowest BCUT2D eigenvalue weighted by Gasteiger charge is -2.21. The Morgan fingerprint density at radius 3 is 2.82 bits per heavy atom. The number of pyridine rings is 1. The molecule has 9 nitrogen and oxygen atoms in total. The number of nitrogens with zero attached hydrogens (tertiary/aromatic N) is 7.